The van der Waals surface area contributed by atoms with Crippen molar-refractivity contribution in [2.45, 2.75) is 0 Å². The van der Waals surface area contributed by atoms with Crippen LogP contribution in [0.3, 0.4) is 0 Å². The molecule has 62 valence electrons. The maximum atomic E-state index is 8.74. The van der Waals surface area contributed by atoms with Crippen LogP contribution in [0.2, 0.25) is 0 Å². The second-order valence-electron chi connectivity index (χ2n) is 1.59. The Hall–Kier alpha value is 0.0169. The molecule has 0 heterocycles. The number of ether oxygens (including phenoxy) is 1. The number of rotatable bonds is 5. The zero-order valence-corrected chi connectivity index (χ0v) is 7.03. The predicted molar refractivity (Wildman–Crippen MR) is 35.0 cm³/mol. The van der Waals surface area contributed by atoms with Crippen LogP contribution in [0.4, 0.5) is 0 Å². The van der Waals surface area contributed by atoms with E-state index >= 15 is 0 Å². The van der Waals surface area contributed by atoms with Crippen LogP contribution in [-0.2, 0) is 13.6 Å². The smallest absolute Gasteiger partial charge is 0.382 e. The Morgan fingerprint density at radius 3 is 2.20 bits per heavy atom. The lowest BCUT2D eigenvalue weighted by Gasteiger charge is -2.13. The first-order valence-electron chi connectivity index (χ1n) is 2.75. The standard InChI is InChI=1S/C4H12O5Si/c1-7-3-4-9-10(5,6)8-2/h5-6H,3-4H2,1-2H3. The van der Waals surface area contributed by atoms with Gasteiger partial charge in [0.2, 0.25) is 0 Å². The molecule has 0 aliphatic heterocycles. The van der Waals surface area contributed by atoms with Gasteiger partial charge in [-0.05, 0) is 0 Å². The van der Waals surface area contributed by atoms with Gasteiger partial charge in [-0.15, -0.1) is 0 Å². The highest BCUT2D eigenvalue weighted by Gasteiger charge is 2.34. The van der Waals surface area contributed by atoms with E-state index in [9.17, 15) is 0 Å². The van der Waals surface area contributed by atoms with Gasteiger partial charge in [0.25, 0.3) is 0 Å². The van der Waals surface area contributed by atoms with E-state index in [1.807, 2.05) is 0 Å². The lowest BCUT2D eigenvalue weighted by molar-refractivity contribution is 0.0230. The molecule has 0 bridgehead atoms. The summed E-state index contributed by atoms with van der Waals surface area (Å²) in [4.78, 5) is 17.5. The molecule has 2 N–H and O–H groups in total. The maximum absolute atomic E-state index is 8.74. The molecule has 10 heavy (non-hydrogen) atoms. The molecule has 0 saturated carbocycles. The maximum Gasteiger partial charge on any atom is 0.673 e. The molecule has 0 atom stereocenters. The molecule has 0 aromatic heterocycles. The Bertz CT molecular complexity index is 85.7. The Kier molecular flexibility index (Phi) is 4.78. The largest absolute Gasteiger partial charge is 0.673 e. The van der Waals surface area contributed by atoms with Gasteiger partial charge in [-0.25, -0.2) is 0 Å². The van der Waals surface area contributed by atoms with Crippen LogP contribution in [0.5, 0.6) is 0 Å². The van der Waals surface area contributed by atoms with E-state index in [-0.39, 0.29) is 6.61 Å². The van der Waals surface area contributed by atoms with E-state index in [0.717, 1.165) is 0 Å². The lowest BCUT2D eigenvalue weighted by Crippen LogP contribution is -2.42. The van der Waals surface area contributed by atoms with Gasteiger partial charge in [0.1, 0.15) is 0 Å². The molecule has 0 aromatic carbocycles. The zero-order valence-electron chi connectivity index (χ0n) is 6.03. The molecule has 0 aromatic rings. The minimum atomic E-state index is -3.79. The summed E-state index contributed by atoms with van der Waals surface area (Å²) in [6.07, 6.45) is 0. The molecule has 0 unspecified atom stereocenters. The Morgan fingerprint density at radius 1 is 1.20 bits per heavy atom. The van der Waals surface area contributed by atoms with E-state index in [0.29, 0.717) is 6.61 Å². The minimum absolute atomic E-state index is 0.129. The average molecular weight is 168 g/mol. The van der Waals surface area contributed by atoms with Gasteiger partial charge < -0.3 is 23.2 Å². The first-order valence-corrected chi connectivity index (χ1v) is 4.46. The van der Waals surface area contributed by atoms with Crippen molar-refractivity contribution in [3.05, 3.63) is 0 Å². The van der Waals surface area contributed by atoms with E-state index in [2.05, 4.69) is 13.6 Å². The molecule has 0 spiro atoms. The fourth-order valence-corrected chi connectivity index (χ4v) is 0.784. The Morgan fingerprint density at radius 2 is 1.80 bits per heavy atom. The third-order valence-electron chi connectivity index (χ3n) is 0.843. The molecule has 0 aliphatic carbocycles. The molecule has 0 radical (unpaired) electrons. The van der Waals surface area contributed by atoms with E-state index in [1.54, 1.807) is 0 Å². The van der Waals surface area contributed by atoms with Gasteiger partial charge in [0, 0.05) is 14.2 Å². The van der Waals surface area contributed by atoms with Gasteiger partial charge in [0.05, 0.1) is 13.2 Å². The van der Waals surface area contributed by atoms with Gasteiger partial charge in [-0.1, -0.05) is 0 Å². The number of hydrogen-bond donors (Lipinski definition) is 2. The van der Waals surface area contributed by atoms with Gasteiger partial charge in [0.15, 0.2) is 0 Å². The van der Waals surface area contributed by atoms with Crippen molar-refractivity contribution < 1.29 is 23.2 Å². The van der Waals surface area contributed by atoms with Crippen molar-refractivity contribution >= 4 is 9.05 Å². The van der Waals surface area contributed by atoms with Crippen LogP contribution in [0.1, 0.15) is 0 Å². The summed E-state index contributed by atoms with van der Waals surface area (Å²) in [5.41, 5.74) is 0. The third-order valence-corrected chi connectivity index (χ3v) is 1.96. The summed E-state index contributed by atoms with van der Waals surface area (Å²) in [7, 11) is -1.12. The van der Waals surface area contributed by atoms with Crippen LogP contribution in [-0.4, -0.2) is 46.1 Å². The van der Waals surface area contributed by atoms with Crippen LogP contribution in [0, 0.1) is 0 Å². The fourth-order valence-electron chi connectivity index (χ4n) is 0.317. The van der Waals surface area contributed by atoms with Gasteiger partial charge in [-0.2, -0.15) is 0 Å². The van der Waals surface area contributed by atoms with Crippen LogP contribution < -0.4 is 0 Å². The van der Waals surface area contributed by atoms with Gasteiger partial charge in [-0.3, -0.25) is 0 Å². The summed E-state index contributed by atoms with van der Waals surface area (Å²) < 4.78 is 13.4. The highest BCUT2D eigenvalue weighted by molar-refractivity contribution is 6.50. The highest BCUT2D eigenvalue weighted by atomic mass is 28.4. The number of methoxy groups -OCH3 is 1. The molecular formula is C4H12O5Si. The van der Waals surface area contributed by atoms with Crippen LogP contribution >= 0.6 is 0 Å². The topological polar surface area (TPSA) is 68.2 Å². The summed E-state index contributed by atoms with van der Waals surface area (Å²) >= 11 is 0. The molecule has 0 rings (SSSR count). The fraction of sp³-hybridized carbons (Fsp3) is 1.00. The first-order chi connectivity index (χ1) is 4.62. The third kappa shape index (κ3) is 4.85. The minimum Gasteiger partial charge on any atom is -0.382 e. The van der Waals surface area contributed by atoms with Crippen molar-refractivity contribution in [3.8, 4) is 0 Å². The molecule has 5 nitrogen and oxygen atoms in total. The zero-order chi connectivity index (χ0) is 8.04. The van der Waals surface area contributed by atoms with E-state index in [4.69, 9.17) is 9.59 Å². The summed E-state index contributed by atoms with van der Waals surface area (Å²) in [6, 6.07) is 0. The van der Waals surface area contributed by atoms with Gasteiger partial charge >= 0.3 is 9.05 Å². The van der Waals surface area contributed by atoms with Crippen LogP contribution in [0.15, 0.2) is 0 Å². The van der Waals surface area contributed by atoms with E-state index < -0.39 is 9.05 Å². The normalized spacial score (nSPS) is 12.0. The van der Waals surface area contributed by atoms with Crippen molar-refractivity contribution in [3.63, 3.8) is 0 Å². The monoisotopic (exact) mass is 168 g/mol. The summed E-state index contributed by atoms with van der Waals surface area (Å²) in [5.74, 6) is 0. The highest BCUT2D eigenvalue weighted by Crippen LogP contribution is 1.94. The summed E-state index contributed by atoms with van der Waals surface area (Å²) in [5, 5.41) is 0. The van der Waals surface area contributed by atoms with Crippen LogP contribution in [0.25, 0.3) is 0 Å². The second kappa shape index (κ2) is 4.77. The van der Waals surface area contributed by atoms with Crippen molar-refractivity contribution in [1.82, 2.24) is 0 Å². The molecule has 0 saturated heterocycles. The van der Waals surface area contributed by atoms with Crippen molar-refractivity contribution in [2.75, 3.05) is 27.4 Å². The molecular weight excluding hydrogens is 156 g/mol. The average Bonchev–Trinajstić information content (AvgIpc) is 1.89. The van der Waals surface area contributed by atoms with E-state index in [1.165, 1.54) is 14.2 Å². The Balaban J connectivity index is 3.28. The van der Waals surface area contributed by atoms with Crippen molar-refractivity contribution in [1.29, 1.82) is 0 Å². The quantitative estimate of drug-likeness (QED) is 0.395. The Labute approximate surface area is 60.6 Å². The predicted octanol–water partition coefficient (Wildman–Crippen LogP) is -1.28. The molecule has 0 amide bonds. The second-order valence-corrected chi connectivity index (χ2v) is 3.39. The molecule has 0 aliphatic rings. The van der Waals surface area contributed by atoms with Crippen molar-refractivity contribution in [2.24, 2.45) is 0 Å². The molecule has 6 heteroatoms. The molecule has 0 fully saturated rings. The summed E-state index contributed by atoms with van der Waals surface area (Å²) in [6.45, 7) is 0.447. The lowest BCUT2D eigenvalue weighted by atomic mass is 10.8. The number of hydrogen-bond acceptors (Lipinski definition) is 5. The SMILES string of the molecule is COCCO[Si](O)(O)OC. The first kappa shape index (κ1) is 10.0.